The van der Waals surface area contributed by atoms with Crippen LogP contribution in [0.4, 0.5) is 4.79 Å². The molecule has 1 fully saturated rings. The van der Waals surface area contributed by atoms with Crippen molar-refractivity contribution in [3.8, 4) is 5.75 Å². The summed E-state index contributed by atoms with van der Waals surface area (Å²) in [5.74, 6) is 0.549. The second-order valence-electron chi connectivity index (χ2n) is 5.86. The van der Waals surface area contributed by atoms with Crippen LogP contribution >= 0.6 is 0 Å². The van der Waals surface area contributed by atoms with E-state index in [2.05, 4.69) is 5.32 Å². The number of benzene rings is 1. The highest BCUT2D eigenvalue weighted by molar-refractivity contribution is 5.76. The van der Waals surface area contributed by atoms with E-state index in [9.17, 15) is 9.59 Å². The SMILES string of the molecule is CCOC(=O)CC1CCCCN1C(=O)NCc1ccc(OC)cc1. The summed E-state index contributed by atoms with van der Waals surface area (Å²) in [6, 6.07) is 7.38. The van der Waals surface area contributed by atoms with Crippen molar-refractivity contribution in [1.82, 2.24) is 10.2 Å². The summed E-state index contributed by atoms with van der Waals surface area (Å²) in [5, 5.41) is 2.94. The molecule has 0 aromatic heterocycles. The number of nitrogens with zero attached hydrogens (tertiary/aromatic N) is 1. The molecular formula is C18H26N2O4. The van der Waals surface area contributed by atoms with Crippen LogP contribution in [0.1, 0.15) is 38.2 Å². The molecule has 132 valence electrons. The molecule has 1 aromatic rings. The average Bonchev–Trinajstić information content (AvgIpc) is 2.60. The molecule has 2 rings (SSSR count). The molecule has 1 aliphatic rings. The Bertz CT molecular complexity index is 544. The van der Waals surface area contributed by atoms with Crippen LogP contribution in [0.2, 0.25) is 0 Å². The number of piperidine rings is 1. The van der Waals surface area contributed by atoms with E-state index in [4.69, 9.17) is 9.47 Å². The minimum atomic E-state index is -0.239. The first-order valence-electron chi connectivity index (χ1n) is 8.47. The zero-order valence-electron chi connectivity index (χ0n) is 14.4. The van der Waals surface area contributed by atoms with Crippen LogP contribution in [0.15, 0.2) is 24.3 Å². The van der Waals surface area contributed by atoms with Crippen molar-refractivity contribution in [2.75, 3.05) is 20.3 Å². The largest absolute Gasteiger partial charge is 0.497 e. The standard InChI is InChI=1S/C18H26N2O4/c1-3-24-17(21)12-15-6-4-5-11-20(15)18(22)19-13-14-7-9-16(23-2)10-8-14/h7-10,15H,3-6,11-13H2,1-2H3,(H,19,22). The van der Waals surface area contributed by atoms with Gasteiger partial charge in [-0.25, -0.2) is 4.79 Å². The Morgan fingerprint density at radius 3 is 2.67 bits per heavy atom. The quantitative estimate of drug-likeness (QED) is 0.812. The fraction of sp³-hybridized carbons (Fsp3) is 0.556. The van der Waals surface area contributed by atoms with Gasteiger partial charge in [-0.2, -0.15) is 0 Å². The average molecular weight is 334 g/mol. The third-order valence-electron chi connectivity index (χ3n) is 4.20. The normalized spacial score (nSPS) is 17.2. The molecule has 6 nitrogen and oxygen atoms in total. The third kappa shape index (κ3) is 5.15. The molecule has 1 heterocycles. The van der Waals surface area contributed by atoms with Gasteiger partial charge in [0, 0.05) is 19.1 Å². The third-order valence-corrected chi connectivity index (χ3v) is 4.20. The molecule has 0 aliphatic carbocycles. The first-order valence-corrected chi connectivity index (χ1v) is 8.47. The van der Waals surface area contributed by atoms with Crippen molar-refractivity contribution in [2.45, 2.75) is 45.2 Å². The number of carbonyl (C=O) groups excluding carboxylic acids is 2. The Balaban J connectivity index is 1.89. The van der Waals surface area contributed by atoms with Crippen LogP contribution in [0.5, 0.6) is 5.75 Å². The Morgan fingerprint density at radius 2 is 2.00 bits per heavy atom. The predicted octanol–water partition coefficient (Wildman–Crippen LogP) is 2.71. The number of hydrogen-bond acceptors (Lipinski definition) is 4. The molecule has 0 spiro atoms. The Kier molecular flexibility index (Phi) is 6.90. The lowest BCUT2D eigenvalue weighted by Gasteiger charge is -2.35. The lowest BCUT2D eigenvalue weighted by atomic mass is 10.00. The number of carbonyl (C=O) groups is 2. The van der Waals surface area contributed by atoms with Crippen molar-refractivity contribution in [2.24, 2.45) is 0 Å². The van der Waals surface area contributed by atoms with E-state index in [0.717, 1.165) is 30.6 Å². The van der Waals surface area contributed by atoms with E-state index < -0.39 is 0 Å². The first-order chi connectivity index (χ1) is 11.6. The minimum absolute atomic E-state index is 0.0753. The fourth-order valence-electron chi connectivity index (χ4n) is 2.92. The molecule has 1 atom stereocenters. The van der Waals surface area contributed by atoms with Gasteiger partial charge in [0.2, 0.25) is 0 Å². The van der Waals surface area contributed by atoms with Crippen molar-refractivity contribution in [3.63, 3.8) is 0 Å². The summed E-state index contributed by atoms with van der Waals surface area (Å²) in [6.45, 7) is 3.29. The molecule has 0 bridgehead atoms. The second kappa shape index (κ2) is 9.15. The van der Waals surface area contributed by atoms with E-state index in [0.29, 0.717) is 19.7 Å². The lowest BCUT2D eigenvalue weighted by Crippen LogP contribution is -2.49. The molecule has 0 radical (unpaired) electrons. The van der Waals surface area contributed by atoms with Gasteiger partial charge in [0.05, 0.1) is 20.1 Å². The summed E-state index contributed by atoms with van der Waals surface area (Å²) >= 11 is 0. The van der Waals surface area contributed by atoms with Crippen LogP contribution < -0.4 is 10.1 Å². The van der Waals surface area contributed by atoms with Crippen LogP contribution in [-0.4, -0.2) is 43.2 Å². The van der Waals surface area contributed by atoms with E-state index in [1.54, 1.807) is 18.9 Å². The number of rotatable bonds is 6. The number of nitrogens with one attached hydrogen (secondary N) is 1. The van der Waals surface area contributed by atoms with E-state index >= 15 is 0 Å². The molecule has 1 aromatic carbocycles. The molecular weight excluding hydrogens is 308 g/mol. The molecule has 0 saturated carbocycles. The molecule has 2 amide bonds. The maximum absolute atomic E-state index is 12.5. The highest BCUT2D eigenvalue weighted by Crippen LogP contribution is 2.20. The zero-order valence-corrected chi connectivity index (χ0v) is 14.4. The van der Waals surface area contributed by atoms with Crippen molar-refractivity contribution in [3.05, 3.63) is 29.8 Å². The Hall–Kier alpha value is -2.24. The number of esters is 1. The summed E-state index contributed by atoms with van der Waals surface area (Å²) in [6.07, 6.45) is 3.11. The van der Waals surface area contributed by atoms with Crippen molar-refractivity contribution in [1.29, 1.82) is 0 Å². The summed E-state index contributed by atoms with van der Waals surface area (Å²) in [4.78, 5) is 26.0. The number of urea groups is 1. The molecule has 6 heteroatoms. The van der Waals surface area contributed by atoms with Crippen LogP contribution in [-0.2, 0) is 16.1 Å². The number of hydrogen-bond donors (Lipinski definition) is 1. The lowest BCUT2D eigenvalue weighted by molar-refractivity contribution is -0.144. The predicted molar refractivity (Wildman–Crippen MR) is 90.8 cm³/mol. The summed E-state index contributed by atoms with van der Waals surface area (Å²) in [5.41, 5.74) is 1.00. The van der Waals surface area contributed by atoms with Crippen LogP contribution in [0.3, 0.4) is 0 Å². The molecule has 1 saturated heterocycles. The number of ether oxygens (including phenoxy) is 2. The van der Waals surface area contributed by atoms with Gasteiger partial charge in [0.1, 0.15) is 5.75 Å². The van der Waals surface area contributed by atoms with Gasteiger partial charge in [-0.1, -0.05) is 12.1 Å². The smallest absolute Gasteiger partial charge is 0.317 e. The zero-order chi connectivity index (χ0) is 17.4. The van der Waals surface area contributed by atoms with Crippen LogP contribution in [0.25, 0.3) is 0 Å². The minimum Gasteiger partial charge on any atom is -0.497 e. The maximum Gasteiger partial charge on any atom is 0.317 e. The van der Waals surface area contributed by atoms with E-state index in [1.807, 2.05) is 24.3 Å². The second-order valence-corrected chi connectivity index (χ2v) is 5.86. The molecule has 1 unspecified atom stereocenters. The van der Waals surface area contributed by atoms with Crippen molar-refractivity contribution >= 4 is 12.0 Å². The van der Waals surface area contributed by atoms with Gasteiger partial charge in [-0.05, 0) is 43.9 Å². The van der Waals surface area contributed by atoms with E-state index in [1.165, 1.54) is 0 Å². The first kappa shape index (κ1) is 18.1. The van der Waals surface area contributed by atoms with Gasteiger partial charge in [0.25, 0.3) is 0 Å². The van der Waals surface area contributed by atoms with Crippen molar-refractivity contribution < 1.29 is 19.1 Å². The fourth-order valence-corrected chi connectivity index (χ4v) is 2.92. The summed E-state index contributed by atoms with van der Waals surface area (Å²) in [7, 11) is 1.62. The molecule has 1 aliphatic heterocycles. The van der Waals surface area contributed by atoms with Gasteiger partial charge in [0.15, 0.2) is 0 Å². The van der Waals surface area contributed by atoms with Gasteiger partial charge in [-0.15, -0.1) is 0 Å². The number of likely N-dealkylation sites (tertiary alicyclic amines) is 1. The number of amides is 2. The highest BCUT2D eigenvalue weighted by Gasteiger charge is 2.28. The van der Waals surface area contributed by atoms with Crippen LogP contribution in [0, 0.1) is 0 Å². The van der Waals surface area contributed by atoms with Gasteiger partial charge >= 0.3 is 12.0 Å². The van der Waals surface area contributed by atoms with E-state index in [-0.39, 0.29) is 24.5 Å². The maximum atomic E-state index is 12.5. The Labute approximate surface area is 143 Å². The number of methoxy groups -OCH3 is 1. The van der Waals surface area contributed by atoms with Gasteiger partial charge < -0.3 is 19.7 Å². The Morgan fingerprint density at radius 1 is 1.25 bits per heavy atom. The monoisotopic (exact) mass is 334 g/mol. The molecule has 1 N–H and O–H groups in total. The highest BCUT2D eigenvalue weighted by atomic mass is 16.5. The summed E-state index contributed by atoms with van der Waals surface area (Å²) < 4.78 is 10.1. The topological polar surface area (TPSA) is 67.9 Å². The van der Waals surface area contributed by atoms with Gasteiger partial charge in [-0.3, -0.25) is 4.79 Å². The molecule has 24 heavy (non-hydrogen) atoms.